The lowest BCUT2D eigenvalue weighted by atomic mass is 10.0. The van der Waals surface area contributed by atoms with Gasteiger partial charge in [-0.15, -0.1) is 5.10 Å². The van der Waals surface area contributed by atoms with Gasteiger partial charge in [-0.2, -0.15) is 4.98 Å². The molecule has 2 aliphatic heterocycles. The molecule has 196 valence electrons. The lowest BCUT2D eigenvalue weighted by Crippen LogP contribution is -2.57. The van der Waals surface area contributed by atoms with Crippen molar-refractivity contribution < 1.29 is 24.0 Å². The van der Waals surface area contributed by atoms with Crippen LogP contribution >= 0.6 is 0 Å². The van der Waals surface area contributed by atoms with E-state index in [1.54, 1.807) is 23.7 Å². The normalized spacial score (nSPS) is 22.4. The molecule has 1 N–H and O–H groups in total. The zero-order valence-electron chi connectivity index (χ0n) is 21.5. The van der Waals surface area contributed by atoms with Crippen molar-refractivity contribution in [3.63, 3.8) is 0 Å². The summed E-state index contributed by atoms with van der Waals surface area (Å²) >= 11 is 0. The van der Waals surface area contributed by atoms with Gasteiger partial charge in [0.1, 0.15) is 17.5 Å². The molecular formula is C25H28F3N7O2. The molecule has 0 bridgehead atoms. The van der Waals surface area contributed by atoms with Crippen molar-refractivity contribution in [3.8, 4) is 17.0 Å². The third kappa shape index (κ3) is 4.37. The number of imidazole rings is 1. The molecule has 2 saturated heterocycles. The first-order valence-corrected chi connectivity index (χ1v) is 12.2. The van der Waals surface area contributed by atoms with Crippen LogP contribution in [-0.2, 0) is 11.3 Å². The summed E-state index contributed by atoms with van der Waals surface area (Å²) in [6.45, 7) is 2.58. The van der Waals surface area contributed by atoms with E-state index in [2.05, 4.69) is 20.4 Å². The predicted octanol–water partition coefficient (Wildman–Crippen LogP) is 3.55. The summed E-state index contributed by atoms with van der Waals surface area (Å²) in [5.74, 6) is 1.04. The summed E-state index contributed by atoms with van der Waals surface area (Å²) < 4.78 is 63.6. The first-order valence-electron chi connectivity index (χ1n) is 12.7. The number of aryl methyl sites for hydroxylation is 1. The summed E-state index contributed by atoms with van der Waals surface area (Å²) in [4.78, 5) is 10.7. The van der Waals surface area contributed by atoms with Gasteiger partial charge < -0.3 is 19.4 Å². The molecule has 9 nitrogen and oxygen atoms in total. The first-order chi connectivity index (χ1) is 18.3. The van der Waals surface area contributed by atoms with Crippen LogP contribution in [0.15, 0.2) is 30.5 Å². The summed E-state index contributed by atoms with van der Waals surface area (Å²) in [7, 11) is 1.50. The van der Waals surface area contributed by atoms with E-state index in [9.17, 15) is 8.78 Å². The standard InChI is InChI=1S/C25H28F3N7O2/c1-14-29-20-4-3-15(9-21(20)34(14)11-22(27)28)17-5-8-35-23(17)24(36-2)31-25(32-35)30-19-6-7-33(10-18(19)26)16-12-37-13-16/h3-5,8-9,16,18-19,22H,6-7,10-13H2,1-2H3,(H,30,32)/t18-,19+/m1/s1/i16D. The Kier molecular flexibility index (Phi) is 5.85. The largest absolute Gasteiger partial charge is 0.479 e. The number of methoxy groups -OCH3 is 1. The Morgan fingerprint density at radius 2 is 2.11 bits per heavy atom. The molecular weight excluding hydrogens is 487 g/mol. The van der Waals surface area contributed by atoms with Crippen LogP contribution < -0.4 is 10.1 Å². The number of piperidine rings is 1. The zero-order valence-corrected chi connectivity index (χ0v) is 20.5. The van der Waals surface area contributed by atoms with E-state index in [-0.39, 0.29) is 12.5 Å². The number of alkyl halides is 3. The van der Waals surface area contributed by atoms with E-state index in [4.69, 9.17) is 10.8 Å². The molecule has 2 aliphatic rings. The number of rotatable bonds is 7. The molecule has 3 aromatic heterocycles. The number of benzene rings is 1. The smallest absolute Gasteiger partial charge is 0.256 e. The molecule has 12 heteroatoms. The number of fused-ring (bicyclic) bond motifs is 2. The van der Waals surface area contributed by atoms with Crippen molar-refractivity contribution >= 4 is 22.5 Å². The van der Waals surface area contributed by atoms with Gasteiger partial charge in [0.25, 0.3) is 6.43 Å². The van der Waals surface area contributed by atoms with Gasteiger partial charge in [-0.1, -0.05) is 6.07 Å². The van der Waals surface area contributed by atoms with Crippen LogP contribution in [0.5, 0.6) is 5.88 Å². The maximum absolute atomic E-state index is 15.1. The number of anilines is 1. The molecule has 4 aromatic rings. The molecule has 37 heavy (non-hydrogen) atoms. The highest BCUT2D eigenvalue weighted by atomic mass is 19.3. The average Bonchev–Trinajstić information content (AvgIpc) is 3.43. The molecule has 2 fully saturated rings. The Morgan fingerprint density at radius 1 is 1.27 bits per heavy atom. The van der Waals surface area contributed by atoms with E-state index in [1.807, 2.05) is 23.1 Å². The molecule has 2 atom stereocenters. The highest BCUT2D eigenvalue weighted by Crippen LogP contribution is 2.34. The van der Waals surface area contributed by atoms with E-state index in [0.717, 1.165) is 11.1 Å². The fourth-order valence-corrected chi connectivity index (χ4v) is 5.10. The van der Waals surface area contributed by atoms with E-state index < -0.39 is 31.2 Å². The van der Waals surface area contributed by atoms with E-state index >= 15 is 4.39 Å². The Hall–Kier alpha value is -3.38. The summed E-state index contributed by atoms with van der Waals surface area (Å²) in [6.07, 6.45) is -1.46. The Balaban J connectivity index is 1.29. The third-order valence-corrected chi connectivity index (χ3v) is 7.08. The molecule has 5 heterocycles. The average molecular weight is 517 g/mol. The maximum atomic E-state index is 15.1. The molecule has 0 aliphatic carbocycles. The highest BCUT2D eigenvalue weighted by Gasteiger charge is 2.35. The monoisotopic (exact) mass is 516 g/mol. The zero-order chi connectivity index (χ0) is 26.6. The second kappa shape index (κ2) is 9.49. The minimum absolute atomic E-state index is 0.141. The molecule has 0 amide bonds. The predicted molar refractivity (Wildman–Crippen MR) is 132 cm³/mol. The van der Waals surface area contributed by atoms with Gasteiger partial charge in [0, 0.05) is 24.8 Å². The first kappa shape index (κ1) is 22.8. The number of nitrogens with one attached hydrogen (secondary N) is 1. The fraction of sp³-hybridized carbons (Fsp3) is 0.480. The number of hydrogen-bond acceptors (Lipinski definition) is 7. The van der Waals surface area contributed by atoms with Crippen LogP contribution in [0.25, 0.3) is 27.7 Å². The fourth-order valence-electron chi connectivity index (χ4n) is 5.10. The van der Waals surface area contributed by atoms with Crippen molar-refractivity contribution in [2.45, 2.75) is 44.5 Å². The van der Waals surface area contributed by atoms with Crippen molar-refractivity contribution in [2.75, 3.05) is 38.7 Å². The number of aromatic nitrogens is 5. The second-order valence-corrected chi connectivity index (χ2v) is 9.39. The number of hydrogen-bond donors (Lipinski definition) is 1. The number of ether oxygens (including phenoxy) is 2. The van der Waals surface area contributed by atoms with Gasteiger partial charge in [-0.3, -0.25) is 4.90 Å². The number of halogens is 3. The summed E-state index contributed by atoms with van der Waals surface area (Å²) in [5.41, 5.74) is 3.39. The van der Waals surface area contributed by atoms with Crippen LogP contribution in [-0.4, -0.2) is 87.1 Å². The van der Waals surface area contributed by atoms with Gasteiger partial charge in [-0.25, -0.2) is 22.7 Å². The maximum Gasteiger partial charge on any atom is 0.256 e. The minimum atomic E-state index is -2.50. The summed E-state index contributed by atoms with van der Waals surface area (Å²) in [5, 5.41) is 7.64. The van der Waals surface area contributed by atoms with Crippen molar-refractivity contribution in [1.82, 2.24) is 29.0 Å². The van der Waals surface area contributed by atoms with Crippen LogP contribution in [0.2, 0.25) is 0 Å². The van der Waals surface area contributed by atoms with Crippen molar-refractivity contribution in [2.24, 2.45) is 0 Å². The lowest BCUT2D eigenvalue weighted by Gasteiger charge is -2.42. The van der Waals surface area contributed by atoms with Gasteiger partial charge in [0.15, 0.2) is 0 Å². The Morgan fingerprint density at radius 3 is 2.81 bits per heavy atom. The van der Waals surface area contributed by atoms with Crippen molar-refractivity contribution in [3.05, 3.63) is 36.3 Å². The third-order valence-electron chi connectivity index (χ3n) is 7.08. The van der Waals surface area contributed by atoms with Crippen LogP contribution in [0.4, 0.5) is 19.1 Å². The minimum Gasteiger partial charge on any atom is -0.479 e. The molecule has 0 spiro atoms. The number of nitrogens with zero attached hydrogens (tertiary/aromatic N) is 6. The van der Waals surface area contributed by atoms with Crippen LogP contribution in [0.1, 0.15) is 13.6 Å². The molecule has 6 rings (SSSR count). The molecule has 0 unspecified atom stereocenters. The number of likely N-dealkylation sites (tertiary alicyclic amines) is 1. The summed E-state index contributed by atoms with van der Waals surface area (Å²) in [6, 6.07) is 6.00. The highest BCUT2D eigenvalue weighted by molar-refractivity contribution is 5.89. The van der Waals surface area contributed by atoms with Crippen LogP contribution in [0, 0.1) is 6.92 Å². The van der Waals surface area contributed by atoms with E-state index in [0.29, 0.717) is 54.4 Å². The molecule has 0 saturated carbocycles. The Bertz CT molecular complexity index is 1490. The molecule has 0 radical (unpaired) electrons. The lowest BCUT2D eigenvalue weighted by molar-refractivity contribution is -0.0794. The second-order valence-electron chi connectivity index (χ2n) is 9.39. The topological polar surface area (TPSA) is 81.7 Å². The molecule has 1 aromatic carbocycles. The van der Waals surface area contributed by atoms with Gasteiger partial charge in [0.2, 0.25) is 11.8 Å². The van der Waals surface area contributed by atoms with E-state index in [1.165, 1.54) is 11.7 Å². The quantitative estimate of drug-likeness (QED) is 0.402. The van der Waals surface area contributed by atoms with Gasteiger partial charge >= 0.3 is 0 Å². The van der Waals surface area contributed by atoms with Gasteiger partial charge in [0.05, 0.1) is 51.3 Å². The van der Waals surface area contributed by atoms with Crippen molar-refractivity contribution in [1.29, 1.82) is 0 Å². The Labute approximate surface area is 212 Å². The SMILES string of the molecule is [2H]C1(N2CC[C@H](Nc3nc(OC)c4c(-c5ccc6nc(C)n(CC(F)F)c6c5)ccn4n3)[C@H](F)C2)COC1. The van der Waals surface area contributed by atoms with Gasteiger partial charge in [-0.05, 0) is 37.1 Å². The van der Waals surface area contributed by atoms with Crippen LogP contribution in [0.3, 0.4) is 0 Å².